The van der Waals surface area contributed by atoms with Crippen LogP contribution in [-0.4, -0.2) is 6.04 Å². The maximum Gasteiger partial charge on any atom is 0.0294 e. The molecule has 1 aromatic rings. The van der Waals surface area contributed by atoms with Gasteiger partial charge in [-0.25, -0.2) is 0 Å². The Labute approximate surface area is 106 Å². The van der Waals surface area contributed by atoms with Gasteiger partial charge in [-0.1, -0.05) is 19.1 Å². The van der Waals surface area contributed by atoms with Crippen LogP contribution in [-0.2, 0) is 0 Å². The average molecular weight is 315 g/mol. The Balaban J connectivity index is 1.90. The van der Waals surface area contributed by atoms with Crippen molar-refractivity contribution in [1.82, 2.24) is 5.32 Å². The van der Waals surface area contributed by atoms with E-state index >= 15 is 0 Å². The highest BCUT2D eigenvalue weighted by Gasteiger charge is 2.26. The Morgan fingerprint density at radius 1 is 1.27 bits per heavy atom. The van der Waals surface area contributed by atoms with Gasteiger partial charge in [0.2, 0.25) is 0 Å². The summed E-state index contributed by atoms with van der Waals surface area (Å²) in [6.07, 6.45) is 2.68. The zero-order valence-corrected chi connectivity index (χ0v) is 11.5. The van der Waals surface area contributed by atoms with Crippen LogP contribution < -0.4 is 5.32 Å². The van der Waals surface area contributed by atoms with Crippen LogP contribution in [0.3, 0.4) is 0 Å². The lowest BCUT2D eigenvalue weighted by atomic mass is 9.81. The standard InChI is InChI=1S/C13H18IN/c1-9-7-13(8-9)15-10(2)11-3-5-12(14)6-4-11/h3-6,9-10,13,15H,7-8H2,1-2H3. The summed E-state index contributed by atoms with van der Waals surface area (Å²) in [6, 6.07) is 10.0. The summed E-state index contributed by atoms with van der Waals surface area (Å²) in [5.74, 6) is 0.923. The van der Waals surface area contributed by atoms with Crippen molar-refractivity contribution in [3.05, 3.63) is 33.4 Å². The monoisotopic (exact) mass is 315 g/mol. The van der Waals surface area contributed by atoms with Gasteiger partial charge >= 0.3 is 0 Å². The van der Waals surface area contributed by atoms with Crippen molar-refractivity contribution >= 4 is 22.6 Å². The van der Waals surface area contributed by atoms with Crippen molar-refractivity contribution < 1.29 is 0 Å². The van der Waals surface area contributed by atoms with E-state index in [1.54, 1.807) is 0 Å². The number of halogens is 1. The van der Waals surface area contributed by atoms with Crippen LogP contribution in [0.5, 0.6) is 0 Å². The predicted octanol–water partition coefficient (Wildman–Crippen LogP) is 3.74. The minimum atomic E-state index is 0.486. The Hall–Kier alpha value is -0.0900. The van der Waals surface area contributed by atoms with Gasteiger partial charge in [0, 0.05) is 15.7 Å². The third-order valence-corrected chi connectivity index (χ3v) is 3.95. The first-order valence-electron chi connectivity index (χ1n) is 5.66. The second-order valence-electron chi connectivity index (χ2n) is 4.71. The summed E-state index contributed by atoms with van der Waals surface area (Å²) in [6.45, 7) is 4.58. The van der Waals surface area contributed by atoms with E-state index in [0.717, 1.165) is 12.0 Å². The van der Waals surface area contributed by atoms with E-state index in [9.17, 15) is 0 Å². The van der Waals surface area contributed by atoms with E-state index in [2.05, 4.69) is 66.0 Å². The van der Waals surface area contributed by atoms with E-state index in [1.807, 2.05) is 0 Å². The molecule has 0 spiro atoms. The Morgan fingerprint density at radius 3 is 2.40 bits per heavy atom. The molecule has 0 bridgehead atoms. The van der Waals surface area contributed by atoms with E-state index in [-0.39, 0.29) is 0 Å². The number of rotatable bonds is 3. The molecule has 1 N–H and O–H groups in total. The summed E-state index contributed by atoms with van der Waals surface area (Å²) >= 11 is 2.35. The summed E-state index contributed by atoms with van der Waals surface area (Å²) in [5.41, 5.74) is 1.40. The zero-order valence-electron chi connectivity index (χ0n) is 9.33. The molecule has 1 atom stereocenters. The highest BCUT2D eigenvalue weighted by Crippen LogP contribution is 2.28. The van der Waals surface area contributed by atoms with Gasteiger partial charge in [0.1, 0.15) is 0 Å². The molecule has 1 fully saturated rings. The van der Waals surface area contributed by atoms with Crippen molar-refractivity contribution in [2.45, 2.75) is 38.8 Å². The van der Waals surface area contributed by atoms with Gasteiger partial charge in [0.25, 0.3) is 0 Å². The fourth-order valence-corrected chi connectivity index (χ4v) is 2.60. The third kappa shape index (κ3) is 2.94. The number of hydrogen-bond donors (Lipinski definition) is 1. The number of benzene rings is 1. The van der Waals surface area contributed by atoms with Gasteiger partial charge in [-0.05, 0) is 66.0 Å². The molecule has 2 rings (SSSR count). The molecule has 0 aliphatic heterocycles. The lowest BCUT2D eigenvalue weighted by Crippen LogP contribution is -2.41. The highest BCUT2D eigenvalue weighted by molar-refractivity contribution is 14.1. The lowest BCUT2D eigenvalue weighted by Gasteiger charge is -2.35. The molecule has 0 saturated heterocycles. The normalized spacial score (nSPS) is 27.1. The molecule has 1 aliphatic rings. The Morgan fingerprint density at radius 2 is 1.87 bits per heavy atom. The molecule has 0 heterocycles. The molecule has 2 heteroatoms. The zero-order chi connectivity index (χ0) is 10.8. The second-order valence-corrected chi connectivity index (χ2v) is 5.96. The predicted molar refractivity (Wildman–Crippen MR) is 72.9 cm³/mol. The molecule has 1 aliphatic carbocycles. The largest absolute Gasteiger partial charge is 0.307 e. The highest BCUT2D eigenvalue weighted by atomic mass is 127. The molecular weight excluding hydrogens is 297 g/mol. The van der Waals surface area contributed by atoms with E-state index in [4.69, 9.17) is 0 Å². The van der Waals surface area contributed by atoms with Gasteiger partial charge < -0.3 is 5.32 Å². The molecular formula is C13H18IN. The molecule has 0 radical (unpaired) electrons. The summed E-state index contributed by atoms with van der Waals surface area (Å²) in [5, 5.41) is 3.68. The fraction of sp³-hybridized carbons (Fsp3) is 0.538. The van der Waals surface area contributed by atoms with Crippen LogP contribution in [0.4, 0.5) is 0 Å². The van der Waals surface area contributed by atoms with Gasteiger partial charge in [0.05, 0.1) is 0 Å². The topological polar surface area (TPSA) is 12.0 Å². The Kier molecular flexibility index (Phi) is 3.67. The van der Waals surface area contributed by atoms with Gasteiger partial charge in [-0.3, -0.25) is 0 Å². The van der Waals surface area contributed by atoms with Crippen LogP contribution >= 0.6 is 22.6 Å². The first-order chi connectivity index (χ1) is 7.15. The number of nitrogens with one attached hydrogen (secondary N) is 1. The SMILES string of the molecule is CC1CC(NC(C)c2ccc(I)cc2)C1. The smallest absolute Gasteiger partial charge is 0.0294 e. The molecule has 0 aromatic heterocycles. The molecule has 1 nitrogen and oxygen atoms in total. The lowest BCUT2D eigenvalue weighted by molar-refractivity contribution is 0.226. The molecule has 1 aromatic carbocycles. The van der Waals surface area contributed by atoms with Crippen molar-refractivity contribution in [2.75, 3.05) is 0 Å². The van der Waals surface area contributed by atoms with Crippen LogP contribution in [0, 0.1) is 9.49 Å². The first-order valence-corrected chi connectivity index (χ1v) is 6.74. The summed E-state index contributed by atoms with van der Waals surface area (Å²) in [4.78, 5) is 0. The quantitative estimate of drug-likeness (QED) is 0.838. The first kappa shape index (κ1) is 11.4. The maximum atomic E-state index is 3.68. The van der Waals surface area contributed by atoms with Crippen LogP contribution in [0.15, 0.2) is 24.3 Å². The molecule has 1 saturated carbocycles. The third-order valence-electron chi connectivity index (χ3n) is 3.23. The van der Waals surface area contributed by atoms with Crippen molar-refractivity contribution in [3.8, 4) is 0 Å². The van der Waals surface area contributed by atoms with E-state index in [1.165, 1.54) is 22.0 Å². The molecule has 82 valence electrons. The molecule has 15 heavy (non-hydrogen) atoms. The van der Waals surface area contributed by atoms with Crippen LogP contribution in [0.1, 0.15) is 38.3 Å². The minimum absolute atomic E-state index is 0.486. The van der Waals surface area contributed by atoms with Gasteiger partial charge in [0.15, 0.2) is 0 Å². The van der Waals surface area contributed by atoms with Gasteiger partial charge in [-0.2, -0.15) is 0 Å². The van der Waals surface area contributed by atoms with E-state index < -0.39 is 0 Å². The van der Waals surface area contributed by atoms with Crippen LogP contribution in [0.2, 0.25) is 0 Å². The molecule has 0 amide bonds. The van der Waals surface area contributed by atoms with Crippen molar-refractivity contribution in [2.24, 2.45) is 5.92 Å². The van der Waals surface area contributed by atoms with E-state index in [0.29, 0.717) is 6.04 Å². The summed E-state index contributed by atoms with van der Waals surface area (Å²) < 4.78 is 1.31. The average Bonchev–Trinajstić information content (AvgIpc) is 2.16. The minimum Gasteiger partial charge on any atom is -0.307 e. The van der Waals surface area contributed by atoms with Gasteiger partial charge in [-0.15, -0.1) is 0 Å². The van der Waals surface area contributed by atoms with Crippen LogP contribution in [0.25, 0.3) is 0 Å². The summed E-state index contributed by atoms with van der Waals surface area (Å²) in [7, 11) is 0. The Bertz CT molecular complexity index is 314. The maximum absolute atomic E-state index is 3.68. The fourth-order valence-electron chi connectivity index (χ4n) is 2.24. The second kappa shape index (κ2) is 4.83. The molecule has 1 unspecified atom stereocenters. The van der Waals surface area contributed by atoms with Crippen molar-refractivity contribution in [3.63, 3.8) is 0 Å². The number of hydrogen-bond acceptors (Lipinski definition) is 1. The van der Waals surface area contributed by atoms with Crippen molar-refractivity contribution in [1.29, 1.82) is 0 Å².